The molecule has 0 bridgehead atoms. The van der Waals surface area contributed by atoms with Gasteiger partial charge in [-0.3, -0.25) is 4.79 Å². The minimum atomic E-state index is -0.217. The largest absolute Gasteiger partial charge is 0.461 e. The molecule has 1 aliphatic rings. The predicted octanol–water partition coefficient (Wildman–Crippen LogP) is 2.24. The standard InChI is InChI=1S/C12H14O2/c1-9(13)14-8-10-5-6-11-3-2-4-12(11)7-10/h5-7H,2-4,8H2,1H3. The normalized spacial score (nSPS) is 13.8. The van der Waals surface area contributed by atoms with Crippen molar-refractivity contribution in [1.82, 2.24) is 0 Å². The van der Waals surface area contributed by atoms with Gasteiger partial charge >= 0.3 is 5.97 Å². The molecule has 0 unspecified atom stereocenters. The third kappa shape index (κ3) is 1.95. The molecule has 0 aromatic heterocycles. The lowest BCUT2D eigenvalue weighted by Crippen LogP contribution is -1.99. The molecule has 2 heteroatoms. The van der Waals surface area contributed by atoms with Crippen LogP contribution in [0, 0.1) is 0 Å². The Hall–Kier alpha value is -1.31. The molecule has 2 rings (SSSR count). The van der Waals surface area contributed by atoms with Crippen LogP contribution in [0.3, 0.4) is 0 Å². The van der Waals surface area contributed by atoms with Gasteiger partial charge in [0.15, 0.2) is 0 Å². The zero-order chi connectivity index (χ0) is 9.97. The molecule has 1 aromatic carbocycles. The van der Waals surface area contributed by atoms with Crippen LogP contribution in [0.4, 0.5) is 0 Å². The van der Waals surface area contributed by atoms with Crippen LogP contribution in [-0.4, -0.2) is 5.97 Å². The number of hydrogen-bond donors (Lipinski definition) is 0. The van der Waals surface area contributed by atoms with Gasteiger partial charge in [-0.1, -0.05) is 18.2 Å². The first-order valence-electron chi connectivity index (χ1n) is 5.00. The van der Waals surface area contributed by atoms with Gasteiger partial charge in [0.2, 0.25) is 0 Å². The van der Waals surface area contributed by atoms with Crippen LogP contribution >= 0.6 is 0 Å². The molecule has 0 atom stereocenters. The number of rotatable bonds is 2. The Balaban J connectivity index is 2.09. The van der Waals surface area contributed by atoms with Gasteiger partial charge in [-0.15, -0.1) is 0 Å². The monoisotopic (exact) mass is 190 g/mol. The number of carbonyl (C=O) groups excluding carboxylic acids is 1. The highest BCUT2D eigenvalue weighted by molar-refractivity contribution is 5.65. The average Bonchev–Trinajstić information content (AvgIpc) is 2.61. The number of hydrogen-bond acceptors (Lipinski definition) is 2. The molecule has 0 saturated heterocycles. The highest BCUT2D eigenvalue weighted by Gasteiger charge is 2.10. The van der Waals surface area contributed by atoms with Gasteiger partial charge in [-0.25, -0.2) is 0 Å². The molecule has 14 heavy (non-hydrogen) atoms. The summed E-state index contributed by atoms with van der Waals surface area (Å²) in [6.45, 7) is 1.84. The number of benzene rings is 1. The Morgan fingerprint density at radius 2 is 2.14 bits per heavy atom. The van der Waals surface area contributed by atoms with Crippen molar-refractivity contribution in [3.63, 3.8) is 0 Å². The Bertz CT molecular complexity index is 355. The molecular weight excluding hydrogens is 176 g/mol. The second kappa shape index (κ2) is 3.82. The van der Waals surface area contributed by atoms with Gasteiger partial charge in [-0.05, 0) is 36.0 Å². The summed E-state index contributed by atoms with van der Waals surface area (Å²) in [4.78, 5) is 10.6. The highest BCUT2D eigenvalue weighted by atomic mass is 16.5. The fourth-order valence-electron chi connectivity index (χ4n) is 1.90. The summed E-state index contributed by atoms with van der Waals surface area (Å²) in [6, 6.07) is 6.36. The second-order valence-corrected chi connectivity index (χ2v) is 3.74. The Morgan fingerprint density at radius 1 is 1.36 bits per heavy atom. The minimum absolute atomic E-state index is 0.217. The van der Waals surface area contributed by atoms with Crippen LogP contribution < -0.4 is 0 Å². The van der Waals surface area contributed by atoms with E-state index in [9.17, 15) is 4.79 Å². The van der Waals surface area contributed by atoms with Gasteiger partial charge < -0.3 is 4.74 Å². The van der Waals surface area contributed by atoms with E-state index in [0.717, 1.165) is 5.56 Å². The molecule has 0 N–H and O–H groups in total. The van der Waals surface area contributed by atoms with Gasteiger partial charge in [0.1, 0.15) is 6.61 Å². The van der Waals surface area contributed by atoms with E-state index in [4.69, 9.17) is 4.74 Å². The number of esters is 1. The molecule has 1 aromatic rings. The Kier molecular flexibility index (Phi) is 2.53. The third-order valence-corrected chi connectivity index (χ3v) is 2.61. The van der Waals surface area contributed by atoms with Crippen molar-refractivity contribution in [2.75, 3.05) is 0 Å². The van der Waals surface area contributed by atoms with Crippen molar-refractivity contribution in [3.8, 4) is 0 Å². The smallest absolute Gasteiger partial charge is 0.302 e. The van der Waals surface area contributed by atoms with Crippen LogP contribution in [0.15, 0.2) is 18.2 Å². The zero-order valence-electron chi connectivity index (χ0n) is 8.38. The minimum Gasteiger partial charge on any atom is -0.461 e. The summed E-state index contributed by atoms with van der Waals surface area (Å²) in [5, 5.41) is 0. The lowest BCUT2D eigenvalue weighted by atomic mass is 10.1. The summed E-state index contributed by atoms with van der Waals surface area (Å²) in [6.07, 6.45) is 3.62. The van der Waals surface area contributed by atoms with Crippen LogP contribution in [0.2, 0.25) is 0 Å². The van der Waals surface area contributed by atoms with Gasteiger partial charge in [0.25, 0.3) is 0 Å². The topological polar surface area (TPSA) is 26.3 Å². The van der Waals surface area contributed by atoms with Gasteiger partial charge in [0.05, 0.1) is 0 Å². The van der Waals surface area contributed by atoms with Gasteiger partial charge in [-0.2, -0.15) is 0 Å². The molecule has 0 amide bonds. The van der Waals surface area contributed by atoms with E-state index in [2.05, 4.69) is 12.1 Å². The van der Waals surface area contributed by atoms with Crippen LogP contribution in [-0.2, 0) is 29.0 Å². The van der Waals surface area contributed by atoms with Crippen molar-refractivity contribution in [2.45, 2.75) is 32.8 Å². The van der Waals surface area contributed by atoms with E-state index in [1.54, 1.807) is 0 Å². The number of ether oxygens (including phenoxy) is 1. The van der Waals surface area contributed by atoms with Crippen molar-refractivity contribution >= 4 is 5.97 Å². The lowest BCUT2D eigenvalue weighted by Gasteiger charge is -2.04. The van der Waals surface area contributed by atoms with Crippen molar-refractivity contribution < 1.29 is 9.53 Å². The van der Waals surface area contributed by atoms with Crippen molar-refractivity contribution in [3.05, 3.63) is 34.9 Å². The zero-order valence-corrected chi connectivity index (χ0v) is 8.38. The molecule has 0 heterocycles. The van der Waals surface area contributed by atoms with E-state index < -0.39 is 0 Å². The molecule has 1 aliphatic carbocycles. The fraction of sp³-hybridized carbons (Fsp3) is 0.417. The molecule has 2 nitrogen and oxygen atoms in total. The predicted molar refractivity (Wildman–Crippen MR) is 53.9 cm³/mol. The first-order valence-corrected chi connectivity index (χ1v) is 5.00. The highest BCUT2D eigenvalue weighted by Crippen LogP contribution is 2.22. The van der Waals surface area contributed by atoms with Crippen LogP contribution in [0.1, 0.15) is 30.0 Å². The van der Waals surface area contributed by atoms with Crippen molar-refractivity contribution in [2.24, 2.45) is 0 Å². The summed E-state index contributed by atoms with van der Waals surface area (Å²) in [5.41, 5.74) is 3.98. The molecule has 0 spiro atoms. The van der Waals surface area contributed by atoms with Crippen molar-refractivity contribution in [1.29, 1.82) is 0 Å². The van der Waals surface area contributed by atoms with E-state index in [1.807, 2.05) is 6.07 Å². The number of aryl methyl sites for hydroxylation is 2. The van der Waals surface area contributed by atoms with E-state index in [0.29, 0.717) is 6.61 Å². The van der Waals surface area contributed by atoms with E-state index >= 15 is 0 Å². The maximum Gasteiger partial charge on any atom is 0.302 e. The summed E-state index contributed by atoms with van der Waals surface area (Å²) < 4.78 is 4.95. The quantitative estimate of drug-likeness (QED) is 0.668. The molecule has 0 fully saturated rings. The fourth-order valence-corrected chi connectivity index (χ4v) is 1.90. The lowest BCUT2D eigenvalue weighted by molar-refractivity contribution is -0.142. The maximum atomic E-state index is 10.6. The Morgan fingerprint density at radius 3 is 2.93 bits per heavy atom. The SMILES string of the molecule is CC(=O)OCc1ccc2c(c1)CCC2. The first-order chi connectivity index (χ1) is 6.75. The summed E-state index contributed by atoms with van der Waals surface area (Å²) >= 11 is 0. The van der Waals surface area contributed by atoms with E-state index in [-0.39, 0.29) is 5.97 Å². The molecule has 0 radical (unpaired) electrons. The second-order valence-electron chi connectivity index (χ2n) is 3.74. The summed E-state index contributed by atoms with van der Waals surface area (Å²) in [7, 11) is 0. The summed E-state index contributed by atoms with van der Waals surface area (Å²) in [5.74, 6) is -0.217. The number of carbonyl (C=O) groups is 1. The number of fused-ring (bicyclic) bond motifs is 1. The maximum absolute atomic E-state index is 10.6. The van der Waals surface area contributed by atoms with Crippen LogP contribution in [0.5, 0.6) is 0 Å². The average molecular weight is 190 g/mol. The molecular formula is C12H14O2. The first kappa shape index (κ1) is 9.25. The molecule has 0 saturated carbocycles. The van der Waals surface area contributed by atoms with E-state index in [1.165, 1.54) is 37.3 Å². The third-order valence-electron chi connectivity index (χ3n) is 2.61. The van der Waals surface area contributed by atoms with Gasteiger partial charge in [0, 0.05) is 6.92 Å². The molecule has 0 aliphatic heterocycles. The van der Waals surface area contributed by atoms with Crippen LogP contribution in [0.25, 0.3) is 0 Å². The Labute approximate surface area is 83.9 Å². The molecule has 74 valence electrons.